The Hall–Kier alpha value is -0.0400. The molecule has 0 heterocycles. The molecule has 3 fully saturated rings. The van der Waals surface area contributed by atoms with Crippen molar-refractivity contribution in [2.45, 2.75) is 123 Å². The molecule has 3 aliphatic rings. The first-order chi connectivity index (χ1) is 13.7. The van der Waals surface area contributed by atoms with Crippen LogP contribution in [0, 0.1) is 41.4 Å². The maximum absolute atomic E-state index is 9.59. The van der Waals surface area contributed by atoms with Gasteiger partial charge in [0.15, 0.2) is 0 Å². The van der Waals surface area contributed by atoms with Crippen molar-refractivity contribution < 1.29 is 5.11 Å². The van der Waals surface area contributed by atoms with Gasteiger partial charge in [0, 0.05) is 6.61 Å². The second-order valence-corrected chi connectivity index (χ2v) is 11.1. The largest absolute Gasteiger partial charge is 0.396 e. The summed E-state index contributed by atoms with van der Waals surface area (Å²) in [6, 6.07) is 0. The van der Waals surface area contributed by atoms with Gasteiger partial charge in [-0.15, -0.1) is 0 Å². The van der Waals surface area contributed by atoms with Gasteiger partial charge in [0.05, 0.1) is 0 Å². The molecule has 1 N–H and O–H groups in total. The van der Waals surface area contributed by atoms with Crippen molar-refractivity contribution >= 4 is 0 Å². The zero-order chi connectivity index (χ0) is 19.8. The van der Waals surface area contributed by atoms with Gasteiger partial charge in [-0.2, -0.15) is 0 Å². The molecule has 3 atom stereocenters. The number of aliphatic hydroxyl groups excluding tert-OH is 1. The summed E-state index contributed by atoms with van der Waals surface area (Å²) in [5.74, 6) is 6.48. The topological polar surface area (TPSA) is 20.2 Å². The lowest BCUT2D eigenvalue weighted by molar-refractivity contribution is 0.0945. The first kappa shape index (κ1) is 22.6. The van der Waals surface area contributed by atoms with Crippen LogP contribution in [0.1, 0.15) is 123 Å². The minimum atomic E-state index is 0.426. The average Bonchev–Trinajstić information content (AvgIpc) is 2.77. The van der Waals surface area contributed by atoms with E-state index in [2.05, 4.69) is 13.8 Å². The summed E-state index contributed by atoms with van der Waals surface area (Å²) in [6.45, 7) is 5.50. The Kier molecular flexibility index (Phi) is 9.68. The predicted molar refractivity (Wildman–Crippen MR) is 121 cm³/mol. The fourth-order valence-corrected chi connectivity index (χ4v) is 7.38. The minimum absolute atomic E-state index is 0.426. The molecule has 0 amide bonds. The van der Waals surface area contributed by atoms with Crippen LogP contribution in [0.3, 0.4) is 0 Å². The zero-order valence-corrected chi connectivity index (χ0v) is 19.2. The average molecular weight is 391 g/mol. The highest BCUT2D eigenvalue weighted by Crippen LogP contribution is 2.44. The molecule has 3 rings (SSSR count). The van der Waals surface area contributed by atoms with E-state index < -0.39 is 0 Å². The van der Waals surface area contributed by atoms with Crippen molar-refractivity contribution in [1.29, 1.82) is 0 Å². The highest BCUT2D eigenvalue weighted by Gasteiger charge is 2.33. The smallest absolute Gasteiger partial charge is 0.0459 e. The summed E-state index contributed by atoms with van der Waals surface area (Å²) in [4.78, 5) is 0. The Bertz CT molecular complexity index is 398. The van der Waals surface area contributed by atoms with E-state index in [9.17, 15) is 5.11 Å². The van der Waals surface area contributed by atoms with Gasteiger partial charge in [0.1, 0.15) is 0 Å². The number of hydrogen-bond donors (Lipinski definition) is 1. The van der Waals surface area contributed by atoms with Gasteiger partial charge in [0.25, 0.3) is 0 Å². The monoisotopic (exact) mass is 390 g/mol. The van der Waals surface area contributed by atoms with Crippen LogP contribution in [0.5, 0.6) is 0 Å². The molecule has 1 nitrogen and oxygen atoms in total. The number of hydrogen-bond acceptors (Lipinski definition) is 1. The molecule has 0 aliphatic heterocycles. The molecule has 3 unspecified atom stereocenters. The van der Waals surface area contributed by atoms with Crippen molar-refractivity contribution in [3.05, 3.63) is 0 Å². The third kappa shape index (κ3) is 6.48. The molecule has 0 aromatic carbocycles. The highest BCUT2D eigenvalue weighted by atomic mass is 16.3. The van der Waals surface area contributed by atoms with Crippen LogP contribution in [0.25, 0.3) is 0 Å². The molecule has 0 bridgehead atoms. The zero-order valence-electron chi connectivity index (χ0n) is 19.2. The van der Waals surface area contributed by atoms with E-state index >= 15 is 0 Å². The summed E-state index contributed by atoms with van der Waals surface area (Å²) in [6.07, 6.45) is 24.8. The van der Waals surface area contributed by atoms with Crippen molar-refractivity contribution in [1.82, 2.24) is 0 Å². The Labute approximate surface area is 176 Å². The molecular weight excluding hydrogens is 340 g/mol. The molecule has 1 heteroatoms. The SMILES string of the molecule is CCC(CC(CC(C)C1CCCCC1)C1CCC(CO)CC1)C1CCCCC1. The van der Waals surface area contributed by atoms with Gasteiger partial charge >= 0.3 is 0 Å². The fourth-order valence-electron chi connectivity index (χ4n) is 7.38. The molecule has 28 heavy (non-hydrogen) atoms. The Balaban J connectivity index is 1.62. The van der Waals surface area contributed by atoms with Crippen molar-refractivity contribution in [3.8, 4) is 0 Å². The quantitative estimate of drug-likeness (QED) is 0.423. The van der Waals surface area contributed by atoms with Gasteiger partial charge in [-0.1, -0.05) is 84.5 Å². The van der Waals surface area contributed by atoms with Crippen LogP contribution in [-0.2, 0) is 0 Å². The highest BCUT2D eigenvalue weighted by molar-refractivity contribution is 4.84. The van der Waals surface area contributed by atoms with E-state index in [1.165, 1.54) is 109 Å². The minimum Gasteiger partial charge on any atom is -0.396 e. The molecule has 3 saturated carbocycles. The fraction of sp³-hybridized carbons (Fsp3) is 1.00. The van der Waals surface area contributed by atoms with Crippen LogP contribution in [-0.4, -0.2) is 11.7 Å². The van der Waals surface area contributed by atoms with Crippen LogP contribution >= 0.6 is 0 Å². The first-order valence-corrected chi connectivity index (χ1v) is 13.3. The van der Waals surface area contributed by atoms with E-state index in [-0.39, 0.29) is 0 Å². The standard InChI is InChI=1S/C27H50O/c1-3-23(25-12-8-5-9-13-25)19-27(26-16-14-22(20-28)15-17-26)18-21(2)24-10-6-4-7-11-24/h21-28H,3-20H2,1-2H3. The number of rotatable bonds is 9. The Morgan fingerprint density at radius 1 is 0.643 bits per heavy atom. The van der Waals surface area contributed by atoms with Crippen LogP contribution < -0.4 is 0 Å². The second kappa shape index (κ2) is 12.0. The lowest BCUT2D eigenvalue weighted by Crippen LogP contribution is -2.30. The van der Waals surface area contributed by atoms with E-state index in [0.29, 0.717) is 12.5 Å². The normalized spacial score (nSPS) is 31.4. The maximum Gasteiger partial charge on any atom is 0.0459 e. The van der Waals surface area contributed by atoms with E-state index in [4.69, 9.17) is 0 Å². The lowest BCUT2D eigenvalue weighted by atomic mass is 9.66. The van der Waals surface area contributed by atoms with Crippen LogP contribution in [0.4, 0.5) is 0 Å². The van der Waals surface area contributed by atoms with Crippen LogP contribution in [0.15, 0.2) is 0 Å². The molecule has 0 aromatic heterocycles. The van der Waals surface area contributed by atoms with E-state index in [0.717, 1.165) is 35.5 Å². The van der Waals surface area contributed by atoms with E-state index in [1.807, 2.05) is 0 Å². The van der Waals surface area contributed by atoms with Gasteiger partial charge in [-0.3, -0.25) is 0 Å². The van der Waals surface area contributed by atoms with Gasteiger partial charge in [0.2, 0.25) is 0 Å². The van der Waals surface area contributed by atoms with Crippen molar-refractivity contribution in [2.75, 3.05) is 6.61 Å². The van der Waals surface area contributed by atoms with E-state index in [1.54, 1.807) is 0 Å². The van der Waals surface area contributed by atoms with Crippen molar-refractivity contribution in [3.63, 3.8) is 0 Å². The molecule has 0 saturated heterocycles. The number of aliphatic hydroxyl groups is 1. The third-order valence-electron chi connectivity index (χ3n) is 9.39. The third-order valence-corrected chi connectivity index (χ3v) is 9.39. The van der Waals surface area contributed by atoms with Gasteiger partial charge < -0.3 is 5.11 Å². The Morgan fingerprint density at radius 2 is 1.18 bits per heavy atom. The van der Waals surface area contributed by atoms with Gasteiger partial charge in [-0.05, 0) is 80.0 Å². The molecular formula is C27H50O. The van der Waals surface area contributed by atoms with Crippen LogP contribution in [0.2, 0.25) is 0 Å². The Morgan fingerprint density at radius 3 is 1.71 bits per heavy atom. The predicted octanol–water partition coefficient (Wildman–Crippen LogP) is 8.00. The summed E-state index contributed by atoms with van der Waals surface area (Å²) in [5.41, 5.74) is 0. The molecule has 0 aromatic rings. The van der Waals surface area contributed by atoms with Gasteiger partial charge in [-0.25, -0.2) is 0 Å². The molecule has 0 spiro atoms. The second-order valence-electron chi connectivity index (χ2n) is 11.1. The van der Waals surface area contributed by atoms with Crippen molar-refractivity contribution in [2.24, 2.45) is 41.4 Å². The molecule has 164 valence electrons. The molecule has 0 radical (unpaired) electrons. The first-order valence-electron chi connectivity index (χ1n) is 13.3. The lowest BCUT2D eigenvalue weighted by Gasteiger charge is -2.40. The maximum atomic E-state index is 9.59. The summed E-state index contributed by atoms with van der Waals surface area (Å²) in [5, 5.41) is 9.59. The summed E-state index contributed by atoms with van der Waals surface area (Å²) in [7, 11) is 0. The molecule has 3 aliphatic carbocycles. The summed E-state index contributed by atoms with van der Waals surface area (Å²) < 4.78 is 0. The summed E-state index contributed by atoms with van der Waals surface area (Å²) >= 11 is 0.